The fourth-order valence-electron chi connectivity index (χ4n) is 1.86. The summed E-state index contributed by atoms with van der Waals surface area (Å²) in [5.74, 6) is 0. The third-order valence-electron chi connectivity index (χ3n) is 3.02. The van der Waals surface area contributed by atoms with Crippen molar-refractivity contribution in [1.82, 2.24) is 10.2 Å². The zero-order chi connectivity index (χ0) is 13.2. The highest BCUT2D eigenvalue weighted by Crippen LogP contribution is 2.07. The summed E-state index contributed by atoms with van der Waals surface area (Å²) < 4.78 is 5.02. The molecule has 0 aliphatic rings. The molecule has 0 bridgehead atoms. The average molecular weight is 250 g/mol. The van der Waals surface area contributed by atoms with E-state index < -0.39 is 0 Å². The van der Waals surface area contributed by atoms with Crippen molar-refractivity contribution in [3.63, 3.8) is 0 Å². The zero-order valence-corrected chi connectivity index (χ0v) is 11.9. The first-order valence-corrected chi connectivity index (χ1v) is 6.71. The molecule has 0 spiro atoms. The molecule has 3 heteroatoms. The van der Waals surface area contributed by atoms with Crippen molar-refractivity contribution in [2.45, 2.75) is 26.4 Å². The van der Waals surface area contributed by atoms with E-state index in [2.05, 4.69) is 54.4 Å². The van der Waals surface area contributed by atoms with Crippen molar-refractivity contribution in [3.8, 4) is 0 Å². The van der Waals surface area contributed by atoms with Gasteiger partial charge in [0.25, 0.3) is 0 Å². The van der Waals surface area contributed by atoms with E-state index in [4.69, 9.17) is 4.74 Å². The van der Waals surface area contributed by atoms with Crippen molar-refractivity contribution in [3.05, 3.63) is 35.9 Å². The van der Waals surface area contributed by atoms with E-state index in [0.717, 1.165) is 32.8 Å². The first-order valence-electron chi connectivity index (χ1n) is 6.71. The van der Waals surface area contributed by atoms with Crippen LogP contribution in [0.5, 0.6) is 0 Å². The first-order chi connectivity index (χ1) is 8.74. The Balaban J connectivity index is 2.32. The third-order valence-corrected chi connectivity index (χ3v) is 3.02. The molecule has 102 valence electrons. The van der Waals surface area contributed by atoms with Crippen LogP contribution in [-0.2, 0) is 11.3 Å². The molecular formula is C15H26N2O. The van der Waals surface area contributed by atoms with Gasteiger partial charge in [0.05, 0.1) is 6.61 Å². The molecule has 0 saturated carbocycles. The molecule has 1 aromatic rings. The summed E-state index contributed by atoms with van der Waals surface area (Å²) in [5.41, 5.74) is 1.38. The van der Waals surface area contributed by atoms with Gasteiger partial charge in [0.2, 0.25) is 0 Å². The maximum absolute atomic E-state index is 5.02. The number of methoxy groups -OCH3 is 1. The Morgan fingerprint density at radius 2 is 1.89 bits per heavy atom. The van der Waals surface area contributed by atoms with E-state index >= 15 is 0 Å². The summed E-state index contributed by atoms with van der Waals surface area (Å²) in [6.45, 7) is 9.29. The molecule has 0 aliphatic carbocycles. The Hall–Kier alpha value is -0.900. The highest BCUT2D eigenvalue weighted by molar-refractivity contribution is 5.14. The fourth-order valence-corrected chi connectivity index (χ4v) is 1.86. The topological polar surface area (TPSA) is 24.5 Å². The van der Waals surface area contributed by atoms with E-state index in [1.807, 2.05) is 0 Å². The van der Waals surface area contributed by atoms with Crippen LogP contribution in [0, 0.1) is 0 Å². The number of hydrogen-bond acceptors (Lipinski definition) is 3. The van der Waals surface area contributed by atoms with Crippen LogP contribution in [0.3, 0.4) is 0 Å². The predicted octanol–water partition coefficient (Wildman–Crippen LogP) is 2.13. The maximum Gasteiger partial charge on any atom is 0.0587 e. The number of hydrogen-bond donors (Lipinski definition) is 1. The summed E-state index contributed by atoms with van der Waals surface area (Å²) in [4.78, 5) is 2.48. The molecule has 0 fully saturated rings. The Labute approximate surface area is 111 Å². The molecular weight excluding hydrogens is 224 g/mol. The summed E-state index contributed by atoms with van der Waals surface area (Å²) in [6.07, 6.45) is 0. The molecule has 0 saturated heterocycles. The van der Waals surface area contributed by atoms with Gasteiger partial charge in [0.15, 0.2) is 0 Å². The smallest absolute Gasteiger partial charge is 0.0587 e. The van der Waals surface area contributed by atoms with Gasteiger partial charge < -0.3 is 10.1 Å². The second-order valence-electron chi connectivity index (χ2n) is 4.79. The highest BCUT2D eigenvalue weighted by atomic mass is 16.5. The number of ether oxygens (including phenoxy) is 1. The summed E-state index contributed by atoms with van der Waals surface area (Å²) in [6, 6.07) is 11.2. The molecule has 0 unspecified atom stereocenters. The fraction of sp³-hybridized carbons (Fsp3) is 0.600. The standard InChI is InChI=1S/C15H26N2O/c1-14(2)17(11-9-16-10-12-18-3)13-15-7-5-4-6-8-15/h4-8,14,16H,9-13H2,1-3H3. The lowest BCUT2D eigenvalue weighted by atomic mass is 10.2. The highest BCUT2D eigenvalue weighted by Gasteiger charge is 2.09. The Bertz CT molecular complexity index is 301. The lowest BCUT2D eigenvalue weighted by molar-refractivity contribution is 0.189. The Kier molecular flexibility index (Phi) is 7.65. The molecule has 1 aromatic carbocycles. The zero-order valence-electron chi connectivity index (χ0n) is 11.9. The molecule has 0 atom stereocenters. The van der Waals surface area contributed by atoms with Crippen LogP contribution in [0.4, 0.5) is 0 Å². The van der Waals surface area contributed by atoms with Crippen molar-refractivity contribution in [2.75, 3.05) is 33.4 Å². The van der Waals surface area contributed by atoms with Crippen LogP contribution in [0.15, 0.2) is 30.3 Å². The molecule has 18 heavy (non-hydrogen) atoms. The van der Waals surface area contributed by atoms with Crippen LogP contribution < -0.4 is 5.32 Å². The average Bonchev–Trinajstić information content (AvgIpc) is 2.38. The lowest BCUT2D eigenvalue weighted by Crippen LogP contribution is -2.37. The minimum Gasteiger partial charge on any atom is -0.383 e. The van der Waals surface area contributed by atoms with E-state index in [1.54, 1.807) is 7.11 Å². The van der Waals surface area contributed by atoms with Crippen LogP contribution in [0.1, 0.15) is 19.4 Å². The number of nitrogens with zero attached hydrogens (tertiary/aromatic N) is 1. The molecule has 0 aromatic heterocycles. The second-order valence-corrected chi connectivity index (χ2v) is 4.79. The van der Waals surface area contributed by atoms with Gasteiger partial charge in [-0.1, -0.05) is 30.3 Å². The van der Waals surface area contributed by atoms with Crippen LogP contribution >= 0.6 is 0 Å². The van der Waals surface area contributed by atoms with Crippen molar-refractivity contribution >= 4 is 0 Å². The SMILES string of the molecule is COCCNCCN(Cc1ccccc1)C(C)C. The van der Waals surface area contributed by atoms with Gasteiger partial charge in [0, 0.05) is 39.3 Å². The van der Waals surface area contributed by atoms with Gasteiger partial charge in [-0.15, -0.1) is 0 Å². The lowest BCUT2D eigenvalue weighted by Gasteiger charge is -2.26. The monoisotopic (exact) mass is 250 g/mol. The number of rotatable bonds is 9. The third kappa shape index (κ3) is 6.15. The minimum atomic E-state index is 0.564. The molecule has 0 radical (unpaired) electrons. The van der Waals surface area contributed by atoms with E-state index in [9.17, 15) is 0 Å². The van der Waals surface area contributed by atoms with Gasteiger partial charge in [0.1, 0.15) is 0 Å². The maximum atomic E-state index is 5.02. The molecule has 1 N–H and O–H groups in total. The summed E-state index contributed by atoms with van der Waals surface area (Å²) in [5, 5.41) is 3.39. The first kappa shape index (κ1) is 15.2. The van der Waals surface area contributed by atoms with E-state index in [-0.39, 0.29) is 0 Å². The van der Waals surface area contributed by atoms with Crippen molar-refractivity contribution < 1.29 is 4.74 Å². The van der Waals surface area contributed by atoms with Gasteiger partial charge in [-0.25, -0.2) is 0 Å². The van der Waals surface area contributed by atoms with Crippen molar-refractivity contribution in [2.24, 2.45) is 0 Å². The van der Waals surface area contributed by atoms with Gasteiger partial charge in [-0.3, -0.25) is 4.90 Å². The quantitative estimate of drug-likeness (QED) is 0.680. The van der Waals surface area contributed by atoms with Gasteiger partial charge in [-0.2, -0.15) is 0 Å². The minimum absolute atomic E-state index is 0.564. The number of benzene rings is 1. The van der Waals surface area contributed by atoms with Crippen LogP contribution in [0.25, 0.3) is 0 Å². The van der Waals surface area contributed by atoms with E-state index in [1.165, 1.54) is 5.56 Å². The van der Waals surface area contributed by atoms with Crippen molar-refractivity contribution in [1.29, 1.82) is 0 Å². The number of nitrogens with one attached hydrogen (secondary N) is 1. The predicted molar refractivity (Wildman–Crippen MR) is 76.7 cm³/mol. The van der Waals surface area contributed by atoms with Gasteiger partial charge >= 0.3 is 0 Å². The molecule has 0 aliphatic heterocycles. The normalized spacial score (nSPS) is 11.4. The van der Waals surface area contributed by atoms with E-state index in [0.29, 0.717) is 6.04 Å². The second kappa shape index (κ2) is 9.09. The molecule has 3 nitrogen and oxygen atoms in total. The Morgan fingerprint density at radius 1 is 1.17 bits per heavy atom. The van der Waals surface area contributed by atoms with Crippen LogP contribution in [-0.4, -0.2) is 44.3 Å². The Morgan fingerprint density at radius 3 is 2.50 bits per heavy atom. The summed E-state index contributed by atoms with van der Waals surface area (Å²) >= 11 is 0. The van der Waals surface area contributed by atoms with Crippen LogP contribution in [0.2, 0.25) is 0 Å². The van der Waals surface area contributed by atoms with Gasteiger partial charge in [-0.05, 0) is 19.4 Å². The largest absolute Gasteiger partial charge is 0.383 e. The molecule has 0 heterocycles. The molecule has 1 rings (SSSR count). The molecule has 0 amide bonds. The summed E-state index contributed by atoms with van der Waals surface area (Å²) in [7, 11) is 1.73.